The number of allylic oxidation sites excluding steroid dienone is 2. The highest BCUT2D eigenvalue weighted by Gasteiger charge is 2.04. The highest BCUT2D eigenvalue weighted by Crippen LogP contribution is 2.22. The van der Waals surface area contributed by atoms with E-state index in [1.165, 1.54) is 0 Å². The van der Waals surface area contributed by atoms with Crippen molar-refractivity contribution < 1.29 is 0 Å². The van der Waals surface area contributed by atoms with Gasteiger partial charge in [0.15, 0.2) is 5.65 Å². The number of anilines is 1. The first kappa shape index (κ1) is 8.17. The first-order valence-electron chi connectivity index (χ1n) is 4.79. The maximum atomic E-state index is 4.48. The molecule has 0 saturated carbocycles. The Morgan fingerprint density at radius 2 is 2.20 bits per heavy atom. The molecule has 3 rings (SSSR count). The van der Waals surface area contributed by atoms with Crippen molar-refractivity contribution in [2.75, 3.05) is 5.32 Å². The summed E-state index contributed by atoms with van der Waals surface area (Å²) in [5, 5.41) is 4.23. The number of hydrogen-bond acceptors (Lipinski definition) is 3. The Morgan fingerprint density at radius 1 is 1.20 bits per heavy atom. The number of rotatable bonds is 0. The van der Waals surface area contributed by atoms with Crippen molar-refractivity contribution in [1.29, 1.82) is 0 Å². The summed E-state index contributed by atoms with van der Waals surface area (Å²) in [5.74, 6) is 0. The molecule has 0 atom stereocenters. The number of nitrogens with one attached hydrogen (secondary N) is 1. The van der Waals surface area contributed by atoms with Gasteiger partial charge in [-0.25, -0.2) is 9.97 Å². The minimum Gasteiger partial charge on any atom is -0.360 e. The van der Waals surface area contributed by atoms with Crippen LogP contribution in [0.2, 0.25) is 0 Å². The van der Waals surface area contributed by atoms with Crippen molar-refractivity contribution in [1.82, 2.24) is 9.97 Å². The molecule has 1 aliphatic rings. The van der Waals surface area contributed by atoms with Gasteiger partial charge in [0.2, 0.25) is 0 Å². The van der Waals surface area contributed by atoms with Crippen molar-refractivity contribution in [2.24, 2.45) is 0 Å². The number of hydrogen-bond donors (Lipinski definition) is 1. The van der Waals surface area contributed by atoms with Crippen LogP contribution in [-0.2, 0) is 0 Å². The molecular formula is C12H9N3. The molecule has 2 aromatic rings. The van der Waals surface area contributed by atoms with Crippen LogP contribution in [0.5, 0.6) is 0 Å². The summed E-state index contributed by atoms with van der Waals surface area (Å²) >= 11 is 0. The van der Waals surface area contributed by atoms with E-state index >= 15 is 0 Å². The molecule has 0 bridgehead atoms. The highest BCUT2D eigenvalue weighted by atomic mass is 14.9. The lowest BCUT2D eigenvalue weighted by molar-refractivity contribution is 1.27. The van der Waals surface area contributed by atoms with Gasteiger partial charge >= 0.3 is 0 Å². The molecule has 72 valence electrons. The monoisotopic (exact) mass is 195 g/mol. The second-order valence-electron chi connectivity index (χ2n) is 3.33. The first-order valence-corrected chi connectivity index (χ1v) is 4.79. The molecule has 2 aromatic heterocycles. The smallest absolute Gasteiger partial charge is 0.159 e. The zero-order chi connectivity index (χ0) is 10.1. The Hall–Kier alpha value is -2.16. The van der Waals surface area contributed by atoms with E-state index < -0.39 is 0 Å². The Morgan fingerprint density at radius 3 is 3.20 bits per heavy atom. The van der Waals surface area contributed by atoms with Crippen molar-refractivity contribution in [3.05, 3.63) is 48.4 Å². The van der Waals surface area contributed by atoms with E-state index in [-0.39, 0.29) is 0 Å². The fourth-order valence-corrected chi connectivity index (χ4v) is 1.60. The van der Waals surface area contributed by atoms with Crippen LogP contribution in [-0.4, -0.2) is 9.97 Å². The van der Waals surface area contributed by atoms with Gasteiger partial charge in [-0.3, -0.25) is 0 Å². The third-order valence-electron chi connectivity index (χ3n) is 2.32. The molecule has 3 nitrogen and oxygen atoms in total. The minimum atomic E-state index is 0.782. The number of aromatic nitrogens is 2. The van der Waals surface area contributed by atoms with Crippen LogP contribution in [0, 0.1) is 0 Å². The van der Waals surface area contributed by atoms with Gasteiger partial charge in [0.05, 0.1) is 11.4 Å². The molecule has 0 amide bonds. The lowest BCUT2D eigenvalue weighted by Gasteiger charge is -2.05. The fraction of sp³-hybridized carbons (Fsp3) is 0. The average Bonchev–Trinajstić information content (AvgIpc) is 2.50. The predicted molar refractivity (Wildman–Crippen MR) is 61.3 cm³/mol. The van der Waals surface area contributed by atoms with Crippen molar-refractivity contribution in [3.63, 3.8) is 0 Å². The molecule has 0 aromatic carbocycles. The summed E-state index contributed by atoms with van der Waals surface area (Å²) in [6.07, 6.45) is 9.53. The third kappa shape index (κ3) is 1.38. The molecule has 0 spiro atoms. The average molecular weight is 195 g/mol. The van der Waals surface area contributed by atoms with Gasteiger partial charge in [-0.1, -0.05) is 6.08 Å². The molecule has 0 aliphatic carbocycles. The van der Waals surface area contributed by atoms with Crippen LogP contribution < -0.4 is 5.32 Å². The zero-order valence-electron chi connectivity index (χ0n) is 8.01. The minimum absolute atomic E-state index is 0.782. The van der Waals surface area contributed by atoms with Crippen LogP contribution in [0.4, 0.5) is 5.69 Å². The summed E-state index contributed by atoms with van der Waals surface area (Å²) in [5.41, 5.74) is 2.72. The zero-order valence-corrected chi connectivity index (χ0v) is 8.01. The van der Waals surface area contributed by atoms with E-state index in [1.807, 2.05) is 36.6 Å². The van der Waals surface area contributed by atoms with Crippen LogP contribution in [0.25, 0.3) is 17.1 Å². The predicted octanol–water partition coefficient (Wildman–Crippen LogP) is 2.58. The quantitative estimate of drug-likeness (QED) is 0.702. The van der Waals surface area contributed by atoms with Gasteiger partial charge in [0.25, 0.3) is 0 Å². The number of pyridine rings is 2. The SMILES string of the molecule is C1=CNc2cc3cccnc3nc2C=C1. The summed E-state index contributed by atoms with van der Waals surface area (Å²) < 4.78 is 0. The summed E-state index contributed by atoms with van der Waals surface area (Å²) in [6, 6.07) is 5.99. The Bertz CT molecular complexity index is 570. The topological polar surface area (TPSA) is 37.8 Å². The van der Waals surface area contributed by atoms with Gasteiger partial charge in [-0.15, -0.1) is 0 Å². The molecule has 0 unspecified atom stereocenters. The molecular weight excluding hydrogens is 186 g/mol. The summed E-state index contributed by atoms with van der Waals surface area (Å²) in [7, 11) is 0. The third-order valence-corrected chi connectivity index (χ3v) is 2.32. The van der Waals surface area contributed by atoms with Crippen LogP contribution in [0.3, 0.4) is 0 Å². The second-order valence-corrected chi connectivity index (χ2v) is 3.33. The largest absolute Gasteiger partial charge is 0.360 e. The fourth-order valence-electron chi connectivity index (χ4n) is 1.60. The Labute approximate surface area is 87.2 Å². The second kappa shape index (κ2) is 3.20. The maximum absolute atomic E-state index is 4.48. The van der Waals surface area contributed by atoms with Crippen molar-refractivity contribution >= 4 is 22.8 Å². The number of fused-ring (bicyclic) bond motifs is 2. The molecule has 0 radical (unpaired) electrons. The normalized spacial score (nSPS) is 13.3. The Balaban J connectivity index is 2.31. The molecule has 1 aliphatic heterocycles. The van der Waals surface area contributed by atoms with Gasteiger partial charge < -0.3 is 5.32 Å². The van der Waals surface area contributed by atoms with Crippen LogP contribution in [0.15, 0.2) is 42.7 Å². The van der Waals surface area contributed by atoms with Crippen LogP contribution >= 0.6 is 0 Å². The summed E-state index contributed by atoms with van der Waals surface area (Å²) in [4.78, 5) is 8.70. The van der Waals surface area contributed by atoms with Gasteiger partial charge in [0.1, 0.15) is 0 Å². The van der Waals surface area contributed by atoms with Gasteiger partial charge in [-0.2, -0.15) is 0 Å². The molecule has 0 saturated heterocycles. The summed E-state index contributed by atoms with van der Waals surface area (Å²) in [6.45, 7) is 0. The Kier molecular flexibility index (Phi) is 1.75. The van der Waals surface area contributed by atoms with Crippen molar-refractivity contribution in [2.45, 2.75) is 0 Å². The van der Waals surface area contributed by atoms with E-state index in [4.69, 9.17) is 0 Å². The molecule has 1 N–H and O–H groups in total. The number of nitrogens with zero attached hydrogens (tertiary/aromatic N) is 2. The van der Waals surface area contributed by atoms with Gasteiger partial charge in [0, 0.05) is 17.8 Å². The molecule has 3 heteroatoms. The lowest BCUT2D eigenvalue weighted by atomic mass is 10.2. The lowest BCUT2D eigenvalue weighted by Crippen LogP contribution is -1.94. The van der Waals surface area contributed by atoms with Crippen molar-refractivity contribution in [3.8, 4) is 0 Å². The van der Waals surface area contributed by atoms with E-state index in [0.29, 0.717) is 0 Å². The van der Waals surface area contributed by atoms with E-state index in [2.05, 4.69) is 21.4 Å². The van der Waals surface area contributed by atoms with Gasteiger partial charge in [-0.05, 0) is 30.4 Å². The maximum Gasteiger partial charge on any atom is 0.159 e. The van der Waals surface area contributed by atoms with Crippen LogP contribution in [0.1, 0.15) is 5.69 Å². The molecule has 15 heavy (non-hydrogen) atoms. The molecule has 0 fully saturated rings. The first-order chi connectivity index (χ1) is 7.43. The van der Waals surface area contributed by atoms with E-state index in [9.17, 15) is 0 Å². The standard InChI is InChI=1S/C12H9N3/c1-2-6-13-11-8-9-4-3-7-14-12(9)15-10(11)5-1/h1-8,13H. The van der Waals surface area contributed by atoms with E-state index in [0.717, 1.165) is 22.4 Å². The molecule has 3 heterocycles. The van der Waals surface area contributed by atoms with E-state index in [1.54, 1.807) is 6.20 Å². The highest BCUT2D eigenvalue weighted by molar-refractivity contribution is 5.83.